The molecule has 0 amide bonds. The first kappa shape index (κ1) is 29.1. The van der Waals surface area contributed by atoms with Gasteiger partial charge in [0.05, 0.1) is 11.0 Å². The highest BCUT2D eigenvalue weighted by atomic mass is 32.1. The van der Waals surface area contributed by atoms with Crippen LogP contribution >= 0.6 is 11.3 Å². The van der Waals surface area contributed by atoms with Crippen LogP contribution < -0.4 is 0 Å². The van der Waals surface area contributed by atoms with E-state index in [1.807, 2.05) is 47.7 Å². The Kier molecular flexibility index (Phi) is 6.39. The first-order valence-corrected chi connectivity index (χ1v) is 18.3. The fourth-order valence-electron chi connectivity index (χ4n) is 7.90. The van der Waals surface area contributed by atoms with Gasteiger partial charge < -0.3 is 0 Å². The van der Waals surface area contributed by atoms with E-state index in [1.165, 1.54) is 58.2 Å². The molecular weight excluding hydrogens is 653 g/mol. The SMILES string of the molecule is c1ccc(-c2nc(-c3ccccc3)nc(-n3c4ccc(-c5cc6sc7ccccc7c6c6ccccc56)cc4c4c5ccccc5ccc43)n2)cc1. The largest absolute Gasteiger partial charge is 0.278 e. The Morgan fingerprint density at radius 3 is 1.75 bits per heavy atom. The van der Waals surface area contributed by atoms with Gasteiger partial charge in [-0.2, -0.15) is 9.97 Å². The van der Waals surface area contributed by atoms with Gasteiger partial charge in [0.25, 0.3) is 0 Å². The fourth-order valence-corrected chi connectivity index (χ4v) is 9.06. The van der Waals surface area contributed by atoms with Gasteiger partial charge in [-0.15, -0.1) is 11.3 Å². The lowest BCUT2D eigenvalue weighted by Crippen LogP contribution is -2.06. The van der Waals surface area contributed by atoms with Crippen molar-refractivity contribution in [3.8, 4) is 39.9 Å². The lowest BCUT2D eigenvalue weighted by Gasteiger charge is -2.12. The molecule has 0 spiro atoms. The van der Waals surface area contributed by atoms with Crippen molar-refractivity contribution >= 4 is 74.9 Å². The normalized spacial score (nSPS) is 11.8. The van der Waals surface area contributed by atoms with E-state index in [0.29, 0.717) is 17.6 Å². The maximum atomic E-state index is 5.17. The van der Waals surface area contributed by atoms with Crippen molar-refractivity contribution in [2.45, 2.75) is 0 Å². The van der Waals surface area contributed by atoms with Crippen molar-refractivity contribution in [2.24, 2.45) is 0 Å². The van der Waals surface area contributed by atoms with Crippen LogP contribution in [0.1, 0.15) is 0 Å². The Balaban J connectivity index is 1.22. The molecule has 0 atom stereocenters. The topological polar surface area (TPSA) is 43.6 Å². The van der Waals surface area contributed by atoms with Crippen molar-refractivity contribution in [2.75, 3.05) is 0 Å². The quantitative estimate of drug-likeness (QED) is 0.186. The van der Waals surface area contributed by atoms with Gasteiger partial charge in [-0.1, -0.05) is 140 Å². The number of nitrogens with zero attached hydrogens (tertiary/aromatic N) is 4. The third-order valence-electron chi connectivity index (χ3n) is 10.2. The summed E-state index contributed by atoms with van der Waals surface area (Å²) >= 11 is 1.87. The minimum absolute atomic E-state index is 0.591. The zero-order valence-electron chi connectivity index (χ0n) is 27.9. The van der Waals surface area contributed by atoms with Gasteiger partial charge in [0.2, 0.25) is 5.95 Å². The van der Waals surface area contributed by atoms with Gasteiger partial charge in [0.15, 0.2) is 11.6 Å². The maximum Gasteiger partial charge on any atom is 0.238 e. The monoisotopic (exact) mass is 680 g/mol. The summed E-state index contributed by atoms with van der Waals surface area (Å²) in [7, 11) is 0. The van der Waals surface area contributed by atoms with Crippen molar-refractivity contribution < 1.29 is 0 Å². The number of benzene rings is 8. The van der Waals surface area contributed by atoms with E-state index in [-0.39, 0.29) is 0 Å². The average Bonchev–Trinajstić information content (AvgIpc) is 3.77. The van der Waals surface area contributed by atoms with Crippen LogP contribution in [-0.2, 0) is 0 Å². The standard InChI is InChI=1S/C47H28N4S/c1-3-14-30(15-4-1)45-48-46(31-16-5-2-6-17-31)50-47(49-45)51-39-25-24-32(27-38(39)43-33-18-8-7-13-29(33)23-26-40(43)51)37-28-42-44(35-20-10-9-19-34(35)37)36-21-11-12-22-41(36)52-42/h1-28H. The molecule has 11 rings (SSSR count). The average molecular weight is 681 g/mol. The van der Waals surface area contributed by atoms with Crippen LogP contribution in [0, 0.1) is 0 Å². The van der Waals surface area contributed by atoms with Crippen LogP contribution in [-0.4, -0.2) is 19.5 Å². The molecule has 0 saturated heterocycles. The molecular formula is C47H28N4S. The summed E-state index contributed by atoms with van der Waals surface area (Å²) in [6.07, 6.45) is 0. The highest BCUT2D eigenvalue weighted by Gasteiger charge is 2.21. The lowest BCUT2D eigenvalue weighted by atomic mass is 9.94. The van der Waals surface area contributed by atoms with E-state index < -0.39 is 0 Å². The summed E-state index contributed by atoms with van der Waals surface area (Å²) in [5.41, 5.74) is 6.41. The molecule has 0 unspecified atom stereocenters. The second-order valence-electron chi connectivity index (χ2n) is 13.2. The molecule has 0 bridgehead atoms. The molecule has 0 aliphatic heterocycles. The number of hydrogen-bond donors (Lipinski definition) is 0. The number of aromatic nitrogens is 4. The van der Waals surface area contributed by atoms with Crippen LogP contribution in [0.25, 0.3) is 103 Å². The van der Waals surface area contributed by atoms with E-state index in [1.54, 1.807) is 0 Å². The number of hydrogen-bond acceptors (Lipinski definition) is 4. The molecule has 0 N–H and O–H groups in total. The first-order chi connectivity index (χ1) is 25.8. The maximum absolute atomic E-state index is 5.17. The Morgan fingerprint density at radius 2 is 1.00 bits per heavy atom. The van der Waals surface area contributed by atoms with Gasteiger partial charge in [-0.25, -0.2) is 4.98 Å². The number of thiophene rings is 1. The van der Waals surface area contributed by atoms with Crippen LogP contribution in [0.4, 0.5) is 0 Å². The molecule has 4 nitrogen and oxygen atoms in total. The minimum atomic E-state index is 0.591. The summed E-state index contributed by atoms with van der Waals surface area (Å²) in [6.45, 7) is 0. The Labute approximate surface area is 302 Å². The molecule has 0 radical (unpaired) electrons. The minimum Gasteiger partial charge on any atom is -0.278 e. The predicted molar refractivity (Wildman–Crippen MR) is 218 cm³/mol. The Bertz CT molecular complexity index is 3120. The molecule has 0 saturated carbocycles. The molecule has 11 aromatic rings. The second-order valence-corrected chi connectivity index (χ2v) is 14.3. The van der Waals surface area contributed by atoms with Gasteiger partial charge >= 0.3 is 0 Å². The summed E-state index contributed by atoms with van der Waals surface area (Å²) in [5, 5.41) is 9.93. The number of fused-ring (bicyclic) bond motifs is 10. The van der Waals surface area contributed by atoms with Crippen molar-refractivity contribution in [1.82, 2.24) is 19.5 Å². The van der Waals surface area contributed by atoms with Crippen LogP contribution in [0.3, 0.4) is 0 Å². The first-order valence-electron chi connectivity index (χ1n) is 17.5. The van der Waals surface area contributed by atoms with Crippen molar-refractivity contribution in [3.05, 3.63) is 170 Å². The molecule has 242 valence electrons. The molecule has 0 aliphatic carbocycles. The summed E-state index contributed by atoms with van der Waals surface area (Å²) in [4.78, 5) is 15.3. The van der Waals surface area contributed by atoms with E-state index in [0.717, 1.165) is 27.5 Å². The van der Waals surface area contributed by atoms with Crippen LogP contribution in [0.15, 0.2) is 170 Å². The predicted octanol–water partition coefficient (Wildman–Crippen LogP) is 12.6. The molecule has 0 aliphatic rings. The molecule has 3 heterocycles. The van der Waals surface area contributed by atoms with Crippen LogP contribution in [0.2, 0.25) is 0 Å². The molecule has 8 aromatic carbocycles. The lowest BCUT2D eigenvalue weighted by molar-refractivity contribution is 0.953. The summed E-state index contributed by atoms with van der Waals surface area (Å²) in [6, 6.07) is 60.3. The van der Waals surface area contributed by atoms with E-state index >= 15 is 0 Å². The Hall–Kier alpha value is -6.69. The Morgan fingerprint density at radius 1 is 0.385 bits per heavy atom. The third kappa shape index (κ3) is 4.43. The molecule has 0 fully saturated rings. The van der Waals surface area contributed by atoms with E-state index in [2.05, 4.69) is 138 Å². The zero-order chi connectivity index (χ0) is 34.2. The molecule has 52 heavy (non-hydrogen) atoms. The van der Waals surface area contributed by atoms with Gasteiger partial charge in [-0.05, 0) is 63.0 Å². The molecule has 3 aromatic heterocycles. The zero-order valence-corrected chi connectivity index (χ0v) is 28.7. The van der Waals surface area contributed by atoms with E-state index in [9.17, 15) is 0 Å². The third-order valence-corrected chi connectivity index (χ3v) is 11.4. The van der Waals surface area contributed by atoms with E-state index in [4.69, 9.17) is 15.0 Å². The number of rotatable bonds is 4. The summed E-state index contributed by atoms with van der Waals surface area (Å²) in [5.74, 6) is 1.87. The van der Waals surface area contributed by atoms with Gasteiger partial charge in [-0.3, -0.25) is 4.57 Å². The molecule has 5 heteroatoms. The second kappa shape index (κ2) is 11.4. The smallest absolute Gasteiger partial charge is 0.238 e. The fraction of sp³-hybridized carbons (Fsp3) is 0. The van der Waals surface area contributed by atoms with Crippen molar-refractivity contribution in [1.29, 1.82) is 0 Å². The highest BCUT2D eigenvalue weighted by molar-refractivity contribution is 7.26. The van der Waals surface area contributed by atoms with Gasteiger partial charge in [0.1, 0.15) is 0 Å². The van der Waals surface area contributed by atoms with Crippen molar-refractivity contribution in [3.63, 3.8) is 0 Å². The van der Waals surface area contributed by atoms with Gasteiger partial charge in [0, 0.05) is 42.1 Å². The highest BCUT2D eigenvalue weighted by Crippen LogP contribution is 2.44. The van der Waals surface area contributed by atoms with Crippen LogP contribution in [0.5, 0.6) is 0 Å². The summed E-state index contributed by atoms with van der Waals surface area (Å²) < 4.78 is 4.83.